The van der Waals surface area contributed by atoms with Crippen molar-refractivity contribution < 1.29 is 13.2 Å². The van der Waals surface area contributed by atoms with Crippen molar-refractivity contribution in [2.45, 2.75) is 45.6 Å². The molecule has 7 heteroatoms. The molecule has 1 fully saturated rings. The van der Waals surface area contributed by atoms with Gasteiger partial charge >= 0.3 is 0 Å². The monoisotopic (exact) mass is 395 g/mol. The first-order chi connectivity index (χ1) is 12.7. The maximum Gasteiger partial charge on any atom is 0.243 e. The first-order valence-electron chi connectivity index (χ1n) is 9.74. The second-order valence-corrected chi connectivity index (χ2v) is 9.50. The number of carbonyl (C=O) groups excluding carboxylic acids is 1. The van der Waals surface area contributed by atoms with Gasteiger partial charge in [0.15, 0.2) is 0 Å². The molecular formula is C20H33N3O3S. The van der Waals surface area contributed by atoms with E-state index in [1.165, 1.54) is 4.31 Å². The van der Waals surface area contributed by atoms with E-state index in [4.69, 9.17) is 0 Å². The van der Waals surface area contributed by atoms with Crippen LogP contribution in [-0.4, -0.2) is 58.2 Å². The van der Waals surface area contributed by atoms with E-state index in [9.17, 15) is 13.2 Å². The van der Waals surface area contributed by atoms with Gasteiger partial charge in [0.2, 0.25) is 15.9 Å². The van der Waals surface area contributed by atoms with Crippen LogP contribution in [0.15, 0.2) is 24.3 Å². The molecule has 1 N–H and O–H groups in total. The fraction of sp³-hybridized carbons (Fsp3) is 0.650. The van der Waals surface area contributed by atoms with E-state index in [1.54, 1.807) is 12.1 Å². The molecular weight excluding hydrogens is 362 g/mol. The molecule has 1 aliphatic rings. The van der Waals surface area contributed by atoms with Crippen LogP contribution in [0.5, 0.6) is 0 Å². The number of anilines is 1. The van der Waals surface area contributed by atoms with Gasteiger partial charge in [-0.05, 0) is 70.8 Å². The number of likely N-dealkylation sites (tertiary alicyclic amines) is 1. The third-order valence-electron chi connectivity index (χ3n) is 5.31. The maximum absolute atomic E-state index is 12.8. The molecule has 1 unspecified atom stereocenters. The number of carbonyl (C=O) groups is 1. The number of rotatable bonds is 8. The Morgan fingerprint density at radius 2 is 1.85 bits per heavy atom. The minimum absolute atomic E-state index is 0.226. The molecule has 0 radical (unpaired) electrons. The van der Waals surface area contributed by atoms with Gasteiger partial charge in [0, 0.05) is 6.54 Å². The van der Waals surface area contributed by atoms with Gasteiger partial charge in [0.1, 0.15) is 6.04 Å². The molecule has 27 heavy (non-hydrogen) atoms. The Hall–Kier alpha value is -1.60. The Bertz CT molecular complexity index is 710. The summed E-state index contributed by atoms with van der Waals surface area (Å²) in [5.74, 6) is 0.404. The van der Waals surface area contributed by atoms with E-state index >= 15 is 0 Å². The molecule has 1 aromatic rings. The van der Waals surface area contributed by atoms with E-state index in [2.05, 4.69) is 17.3 Å². The third kappa shape index (κ3) is 6.21. The highest BCUT2D eigenvalue weighted by molar-refractivity contribution is 7.92. The van der Waals surface area contributed by atoms with Crippen molar-refractivity contribution in [3.8, 4) is 0 Å². The van der Waals surface area contributed by atoms with Gasteiger partial charge in [0.25, 0.3) is 0 Å². The number of hydrogen-bond donors (Lipinski definition) is 1. The first kappa shape index (κ1) is 21.7. The normalized spacial score (nSPS) is 17.5. The van der Waals surface area contributed by atoms with Crippen LogP contribution in [0.4, 0.5) is 5.69 Å². The van der Waals surface area contributed by atoms with Gasteiger partial charge < -0.3 is 10.2 Å². The molecule has 0 saturated carbocycles. The van der Waals surface area contributed by atoms with Crippen LogP contribution < -0.4 is 9.62 Å². The molecule has 1 heterocycles. The Balaban J connectivity index is 2.02. The topological polar surface area (TPSA) is 69.7 Å². The molecule has 1 atom stereocenters. The van der Waals surface area contributed by atoms with Gasteiger partial charge in [-0.3, -0.25) is 9.10 Å². The molecule has 0 aliphatic carbocycles. The SMILES string of the molecule is CCC(C(=O)NCCC1CCN(C)CC1)N(c1ccc(C)cc1)S(C)(=O)=O. The van der Waals surface area contributed by atoms with E-state index in [1.807, 2.05) is 26.0 Å². The van der Waals surface area contributed by atoms with E-state index < -0.39 is 16.1 Å². The zero-order valence-electron chi connectivity index (χ0n) is 16.9. The van der Waals surface area contributed by atoms with E-state index in [0.29, 0.717) is 24.6 Å². The van der Waals surface area contributed by atoms with E-state index in [0.717, 1.165) is 44.2 Å². The zero-order chi connectivity index (χ0) is 20.0. The molecule has 0 bridgehead atoms. The lowest BCUT2D eigenvalue weighted by Crippen LogP contribution is -2.49. The second-order valence-electron chi connectivity index (χ2n) is 7.64. The Labute approximate surface area is 164 Å². The van der Waals surface area contributed by atoms with Crippen LogP contribution in [-0.2, 0) is 14.8 Å². The summed E-state index contributed by atoms with van der Waals surface area (Å²) in [5, 5.41) is 2.97. The lowest BCUT2D eigenvalue weighted by atomic mass is 9.94. The number of benzene rings is 1. The first-order valence-corrected chi connectivity index (χ1v) is 11.6. The van der Waals surface area contributed by atoms with Crippen molar-refractivity contribution in [2.75, 3.05) is 37.2 Å². The lowest BCUT2D eigenvalue weighted by Gasteiger charge is -2.31. The standard InChI is InChI=1S/C20H33N3O3S/c1-5-19(20(24)21-13-10-17-11-14-22(3)15-12-17)23(27(4,25)26)18-8-6-16(2)7-9-18/h6-9,17,19H,5,10-15H2,1-4H3,(H,21,24). The molecule has 1 aromatic carbocycles. The summed E-state index contributed by atoms with van der Waals surface area (Å²) in [7, 11) is -1.44. The number of sulfonamides is 1. The van der Waals surface area contributed by atoms with Gasteiger partial charge in [-0.25, -0.2) is 8.42 Å². The maximum atomic E-state index is 12.8. The molecule has 1 aliphatic heterocycles. The molecule has 0 aromatic heterocycles. The number of aryl methyl sites for hydroxylation is 1. The summed E-state index contributed by atoms with van der Waals surface area (Å²) in [4.78, 5) is 15.1. The predicted molar refractivity (Wildman–Crippen MR) is 110 cm³/mol. The van der Waals surface area contributed by atoms with Gasteiger partial charge in [0.05, 0.1) is 11.9 Å². The van der Waals surface area contributed by atoms with Gasteiger partial charge in [-0.15, -0.1) is 0 Å². The highest BCUT2D eigenvalue weighted by Gasteiger charge is 2.31. The number of hydrogen-bond acceptors (Lipinski definition) is 4. The van der Waals surface area contributed by atoms with Crippen molar-refractivity contribution in [1.29, 1.82) is 0 Å². The summed E-state index contributed by atoms with van der Waals surface area (Å²) in [5.41, 5.74) is 1.57. The molecule has 1 saturated heterocycles. The van der Waals surface area contributed by atoms with Crippen molar-refractivity contribution in [3.05, 3.63) is 29.8 Å². The van der Waals surface area contributed by atoms with Gasteiger partial charge in [-0.1, -0.05) is 24.6 Å². The number of nitrogens with zero attached hydrogens (tertiary/aromatic N) is 2. The fourth-order valence-corrected chi connectivity index (χ4v) is 4.83. The van der Waals surface area contributed by atoms with Crippen LogP contribution in [0, 0.1) is 12.8 Å². The highest BCUT2D eigenvalue weighted by Crippen LogP contribution is 2.23. The number of piperidine rings is 1. The third-order valence-corrected chi connectivity index (χ3v) is 6.49. The Morgan fingerprint density at radius 1 is 1.26 bits per heavy atom. The van der Waals surface area contributed by atoms with Crippen molar-refractivity contribution in [2.24, 2.45) is 5.92 Å². The molecule has 0 spiro atoms. The number of nitrogens with one attached hydrogen (secondary N) is 1. The smallest absolute Gasteiger partial charge is 0.243 e. The Morgan fingerprint density at radius 3 is 2.37 bits per heavy atom. The minimum Gasteiger partial charge on any atom is -0.354 e. The van der Waals surface area contributed by atoms with Crippen LogP contribution in [0.1, 0.15) is 38.2 Å². The summed E-state index contributed by atoms with van der Waals surface area (Å²) in [6, 6.07) is 6.49. The highest BCUT2D eigenvalue weighted by atomic mass is 32.2. The van der Waals surface area contributed by atoms with Crippen LogP contribution in [0.3, 0.4) is 0 Å². The van der Waals surface area contributed by atoms with Crippen molar-refractivity contribution >= 4 is 21.6 Å². The van der Waals surface area contributed by atoms with E-state index in [-0.39, 0.29) is 5.91 Å². The summed E-state index contributed by atoms with van der Waals surface area (Å²) < 4.78 is 26.1. The fourth-order valence-electron chi connectivity index (χ4n) is 3.62. The molecule has 1 amide bonds. The summed E-state index contributed by atoms with van der Waals surface area (Å²) in [6.07, 6.45) is 4.83. The molecule has 6 nitrogen and oxygen atoms in total. The Kier molecular flexibility index (Phi) is 7.68. The predicted octanol–water partition coefficient (Wildman–Crippen LogP) is 2.39. The van der Waals surface area contributed by atoms with Crippen LogP contribution in [0.2, 0.25) is 0 Å². The van der Waals surface area contributed by atoms with Gasteiger partial charge in [-0.2, -0.15) is 0 Å². The molecule has 152 valence electrons. The average molecular weight is 396 g/mol. The molecule has 2 rings (SSSR count). The quantitative estimate of drug-likeness (QED) is 0.734. The van der Waals surface area contributed by atoms with Crippen molar-refractivity contribution in [3.63, 3.8) is 0 Å². The second kappa shape index (κ2) is 9.55. The summed E-state index contributed by atoms with van der Waals surface area (Å²) >= 11 is 0. The number of amides is 1. The van der Waals surface area contributed by atoms with Crippen LogP contribution >= 0.6 is 0 Å². The summed E-state index contributed by atoms with van der Waals surface area (Å²) in [6.45, 7) is 6.58. The van der Waals surface area contributed by atoms with Crippen LogP contribution in [0.25, 0.3) is 0 Å². The lowest BCUT2D eigenvalue weighted by molar-refractivity contribution is -0.122. The minimum atomic E-state index is -3.57. The zero-order valence-corrected chi connectivity index (χ0v) is 17.8. The average Bonchev–Trinajstić information content (AvgIpc) is 2.61. The van der Waals surface area contributed by atoms with Crippen molar-refractivity contribution in [1.82, 2.24) is 10.2 Å². The largest absolute Gasteiger partial charge is 0.354 e.